The number of alkyl halides is 3. The molecule has 9 heteroatoms. The summed E-state index contributed by atoms with van der Waals surface area (Å²) < 4.78 is 43.3. The lowest BCUT2D eigenvalue weighted by molar-refractivity contribution is -0.137. The number of hydrogen-bond donors (Lipinski definition) is 1. The van der Waals surface area contributed by atoms with Crippen molar-refractivity contribution in [1.29, 1.82) is 0 Å². The molecule has 0 radical (unpaired) electrons. The highest BCUT2D eigenvalue weighted by atomic mass is 19.4. The van der Waals surface area contributed by atoms with Crippen molar-refractivity contribution in [2.45, 2.75) is 25.4 Å². The molecule has 0 atom stereocenters. The number of benzene rings is 1. The lowest BCUT2D eigenvalue weighted by Gasteiger charge is -2.27. The van der Waals surface area contributed by atoms with Crippen LogP contribution in [0.25, 0.3) is 0 Å². The third-order valence-electron chi connectivity index (χ3n) is 4.38. The predicted octanol–water partition coefficient (Wildman–Crippen LogP) is 3.29. The molecule has 1 aliphatic heterocycles. The summed E-state index contributed by atoms with van der Waals surface area (Å²) in [5, 5.41) is 10.7. The lowest BCUT2D eigenvalue weighted by atomic mass is 10.1. The van der Waals surface area contributed by atoms with Crippen molar-refractivity contribution >= 4 is 11.7 Å². The van der Waals surface area contributed by atoms with E-state index in [-0.39, 0.29) is 24.6 Å². The van der Waals surface area contributed by atoms with Crippen molar-refractivity contribution in [2.24, 2.45) is 0 Å². The molecule has 1 saturated heterocycles. The number of carbonyl (C=O) groups is 1. The van der Waals surface area contributed by atoms with E-state index in [0.29, 0.717) is 0 Å². The standard InChI is InChI=1S/C19H21F3N4O2/c20-19(21,22)14-5-4-6-15(13-14)28-12-9-23-18(27)16-7-8-17(25-24-16)26-10-2-1-3-11-26/h4-8,13H,1-3,9-12H2,(H,23,27). The molecule has 2 aromatic rings. The van der Waals surface area contributed by atoms with Crippen LogP contribution in [0.3, 0.4) is 0 Å². The average Bonchev–Trinajstić information content (AvgIpc) is 2.71. The first-order valence-electron chi connectivity index (χ1n) is 9.10. The fourth-order valence-electron chi connectivity index (χ4n) is 2.92. The van der Waals surface area contributed by atoms with E-state index in [1.165, 1.54) is 18.6 Å². The van der Waals surface area contributed by atoms with Gasteiger partial charge in [0, 0.05) is 13.1 Å². The molecule has 3 rings (SSSR count). The molecule has 1 aromatic carbocycles. The van der Waals surface area contributed by atoms with Gasteiger partial charge in [-0.2, -0.15) is 13.2 Å². The third kappa shape index (κ3) is 5.34. The molecule has 0 unspecified atom stereocenters. The van der Waals surface area contributed by atoms with Gasteiger partial charge in [0.15, 0.2) is 11.5 Å². The number of nitrogens with zero attached hydrogens (tertiary/aromatic N) is 3. The number of anilines is 1. The zero-order valence-corrected chi connectivity index (χ0v) is 15.2. The van der Waals surface area contributed by atoms with Crippen LogP contribution < -0.4 is 15.0 Å². The summed E-state index contributed by atoms with van der Waals surface area (Å²) in [4.78, 5) is 14.2. The zero-order chi connectivity index (χ0) is 20.0. The van der Waals surface area contributed by atoms with E-state index in [0.717, 1.165) is 43.9 Å². The predicted molar refractivity (Wildman–Crippen MR) is 97.4 cm³/mol. The summed E-state index contributed by atoms with van der Waals surface area (Å²) in [5.41, 5.74) is -0.599. The van der Waals surface area contributed by atoms with Crippen LogP contribution in [0.1, 0.15) is 35.3 Å². The Hall–Kier alpha value is -2.84. The van der Waals surface area contributed by atoms with Crippen LogP contribution in [0, 0.1) is 0 Å². The molecular weight excluding hydrogens is 373 g/mol. The van der Waals surface area contributed by atoms with Gasteiger partial charge in [0.1, 0.15) is 12.4 Å². The smallest absolute Gasteiger partial charge is 0.416 e. The van der Waals surface area contributed by atoms with E-state index >= 15 is 0 Å². The molecule has 1 aliphatic rings. The molecule has 0 aliphatic carbocycles. The van der Waals surface area contributed by atoms with E-state index in [9.17, 15) is 18.0 Å². The lowest BCUT2D eigenvalue weighted by Crippen LogP contribution is -2.31. The summed E-state index contributed by atoms with van der Waals surface area (Å²) in [6, 6.07) is 7.98. The van der Waals surface area contributed by atoms with E-state index in [1.807, 2.05) is 0 Å². The first-order valence-corrected chi connectivity index (χ1v) is 9.10. The first kappa shape index (κ1) is 19.9. The Morgan fingerprint density at radius 2 is 1.89 bits per heavy atom. The second-order valence-corrected chi connectivity index (χ2v) is 6.45. The van der Waals surface area contributed by atoms with Crippen LogP contribution in [-0.4, -0.2) is 42.3 Å². The van der Waals surface area contributed by atoms with Crippen LogP contribution in [0.15, 0.2) is 36.4 Å². The Bertz CT molecular complexity index is 791. The number of halogens is 3. The van der Waals surface area contributed by atoms with E-state index in [2.05, 4.69) is 20.4 Å². The topological polar surface area (TPSA) is 67.3 Å². The van der Waals surface area contributed by atoms with Crippen molar-refractivity contribution in [3.05, 3.63) is 47.7 Å². The average molecular weight is 394 g/mol. The first-order chi connectivity index (χ1) is 13.4. The van der Waals surface area contributed by atoms with Crippen LogP contribution >= 0.6 is 0 Å². The normalized spacial score (nSPS) is 14.6. The van der Waals surface area contributed by atoms with Gasteiger partial charge in [-0.05, 0) is 49.6 Å². The van der Waals surface area contributed by atoms with Crippen LogP contribution in [0.2, 0.25) is 0 Å². The summed E-state index contributed by atoms with van der Waals surface area (Å²) in [6.07, 6.45) is -0.967. The summed E-state index contributed by atoms with van der Waals surface area (Å²) in [7, 11) is 0. The minimum Gasteiger partial charge on any atom is -0.492 e. The van der Waals surface area contributed by atoms with Crippen molar-refractivity contribution < 1.29 is 22.7 Å². The van der Waals surface area contributed by atoms with Gasteiger partial charge in [0.2, 0.25) is 0 Å². The van der Waals surface area contributed by atoms with Gasteiger partial charge in [-0.25, -0.2) is 0 Å². The maximum Gasteiger partial charge on any atom is 0.416 e. The highest BCUT2D eigenvalue weighted by Gasteiger charge is 2.30. The molecule has 6 nitrogen and oxygen atoms in total. The Kier molecular flexibility index (Phi) is 6.33. The number of ether oxygens (including phenoxy) is 1. The fourth-order valence-corrected chi connectivity index (χ4v) is 2.92. The number of nitrogens with one attached hydrogen (secondary N) is 1. The van der Waals surface area contributed by atoms with Crippen LogP contribution in [0.5, 0.6) is 5.75 Å². The van der Waals surface area contributed by atoms with Crippen molar-refractivity contribution in [1.82, 2.24) is 15.5 Å². The SMILES string of the molecule is O=C(NCCOc1cccc(C(F)(F)F)c1)c1ccc(N2CCCCC2)nn1. The molecule has 1 fully saturated rings. The number of aromatic nitrogens is 2. The number of hydrogen-bond acceptors (Lipinski definition) is 5. The summed E-state index contributed by atoms with van der Waals surface area (Å²) in [6.45, 7) is 2.04. The molecule has 0 spiro atoms. The molecule has 2 heterocycles. The second kappa shape index (κ2) is 8.90. The monoisotopic (exact) mass is 394 g/mol. The molecule has 0 bridgehead atoms. The highest BCUT2D eigenvalue weighted by Crippen LogP contribution is 2.31. The van der Waals surface area contributed by atoms with E-state index < -0.39 is 17.6 Å². The number of piperidine rings is 1. The molecule has 150 valence electrons. The Morgan fingerprint density at radius 1 is 1.11 bits per heavy atom. The maximum absolute atomic E-state index is 12.7. The molecule has 1 N–H and O–H groups in total. The Labute approximate surface area is 160 Å². The van der Waals surface area contributed by atoms with Crippen molar-refractivity contribution in [3.8, 4) is 5.75 Å². The minimum atomic E-state index is -4.42. The zero-order valence-electron chi connectivity index (χ0n) is 15.2. The number of rotatable bonds is 6. The summed E-state index contributed by atoms with van der Waals surface area (Å²) in [5.74, 6) is 0.434. The minimum absolute atomic E-state index is 0.0341. The van der Waals surface area contributed by atoms with Crippen molar-refractivity contribution in [3.63, 3.8) is 0 Å². The Balaban J connectivity index is 1.45. The maximum atomic E-state index is 12.7. The molecule has 28 heavy (non-hydrogen) atoms. The third-order valence-corrected chi connectivity index (χ3v) is 4.38. The van der Waals surface area contributed by atoms with Gasteiger partial charge in [0.05, 0.1) is 12.1 Å². The molecule has 1 aromatic heterocycles. The van der Waals surface area contributed by atoms with Gasteiger partial charge in [-0.15, -0.1) is 10.2 Å². The van der Waals surface area contributed by atoms with Gasteiger partial charge in [0.25, 0.3) is 5.91 Å². The second-order valence-electron chi connectivity index (χ2n) is 6.45. The van der Waals surface area contributed by atoms with Gasteiger partial charge >= 0.3 is 6.18 Å². The highest BCUT2D eigenvalue weighted by molar-refractivity contribution is 5.92. The van der Waals surface area contributed by atoms with Gasteiger partial charge in [-0.3, -0.25) is 4.79 Å². The molecule has 1 amide bonds. The quantitative estimate of drug-likeness (QED) is 0.762. The summed E-state index contributed by atoms with van der Waals surface area (Å²) >= 11 is 0. The van der Waals surface area contributed by atoms with Crippen molar-refractivity contribution in [2.75, 3.05) is 31.1 Å². The van der Waals surface area contributed by atoms with Gasteiger partial charge in [-0.1, -0.05) is 6.07 Å². The number of carbonyl (C=O) groups excluding carboxylic acids is 1. The van der Waals surface area contributed by atoms with Crippen LogP contribution in [0.4, 0.5) is 19.0 Å². The Morgan fingerprint density at radius 3 is 2.57 bits per heavy atom. The molecular formula is C19H21F3N4O2. The molecule has 0 saturated carbocycles. The van der Waals surface area contributed by atoms with E-state index in [4.69, 9.17) is 4.74 Å². The van der Waals surface area contributed by atoms with E-state index in [1.54, 1.807) is 12.1 Å². The fraction of sp³-hybridized carbons (Fsp3) is 0.421. The van der Waals surface area contributed by atoms with Gasteiger partial charge < -0.3 is 15.0 Å². The largest absolute Gasteiger partial charge is 0.492 e. The number of amides is 1. The van der Waals surface area contributed by atoms with Crippen LogP contribution in [-0.2, 0) is 6.18 Å².